The van der Waals surface area contributed by atoms with Crippen molar-refractivity contribution in [2.75, 3.05) is 27.3 Å². The number of aromatic nitrogens is 2. The van der Waals surface area contributed by atoms with E-state index in [1.807, 2.05) is 23.1 Å². The molecule has 3 heterocycles. The molecule has 0 saturated carbocycles. The summed E-state index contributed by atoms with van der Waals surface area (Å²) in [6.07, 6.45) is 3.81. The van der Waals surface area contributed by atoms with Crippen molar-refractivity contribution in [3.05, 3.63) is 53.9 Å². The number of hydrogen-bond acceptors (Lipinski definition) is 4. The van der Waals surface area contributed by atoms with Crippen LogP contribution in [-0.4, -0.2) is 48.1 Å². The number of hydrogen-bond donors (Lipinski definition) is 1. The Morgan fingerprint density at radius 2 is 2.11 bits per heavy atom. The minimum atomic E-state index is -0.0234. The molecule has 1 N–H and O–H groups in total. The number of piperidine rings is 1. The second-order valence-corrected chi connectivity index (χ2v) is 6.79. The van der Waals surface area contributed by atoms with Crippen molar-refractivity contribution in [3.8, 4) is 11.5 Å². The molecule has 1 atom stereocenters. The fourth-order valence-electron chi connectivity index (χ4n) is 3.84. The molecular weight excluding hydrogens is 342 g/mol. The zero-order valence-electron chi connectivity index (χ0n) is 15.6. The van der Waals surface area contributed by atoms with Gasteiger partial charge >= 0.3 is 0 Å². The maximum Gasteiger partial charge on any atom is 0.257 e. The highest BCUT2D eigenvalue weighted by atomic mass is 16.5. The highest BCUT2D eigenvalue weighted by Crippen LogP contribution is 2.34. The van der Waals surface area contributed by atoms with E-state index in [2.05, 4.69) is 16.0 Å². The predicted octanol–water partition coefficient (Wildman–Crippen LogP) is 3.60. The van der Waals surface area contributed by atoms with Gasteiger partial charge in [0.25, 0.3) is 5.91 Å². The molecule has 0 spiro atoms. The van der Waals surface area contributed by atoms with Gasteiger partial charge in [-0.1, -0.05) is 6.07 Å². The monoisotopic (exact) mass is 365 g/mol. The van der Waals surface area contributed by atoms with Crippen LogP contribution in [0.25, 0.3) is 11.0 Å². The molecule has 6 heteroatoms. The predicted molar refractivity (Wildman–Crippen MR) is 104 cm³/mol. The number of benzene rings is 1. The Kier molecular flexibility index (Phi) is 4.71. The summed E-state index contributed by atoms with van der Waals surface area (Å²) in [6, 6.07) is 11.5. The summed E-state index contributed by atoms with van der Waals surface area (Å²) in [5, 5.41) is 0. The number of carbonyl (C=O) groups is 1. The third kappa shape index (κ3) is 3.23. The zero-order chi connectivity index (χ0) is 18.8. The quantitative estimate of drug-likeness (QED) is 0.767. The van der Waals surface area contributed by atoms with Crippen LogP contribution in [0.5, 0.6) is 11.5 Å². The average molecular weight is 365 g/mol. The summed E-state index contributed by atoms with van der Waals surface area (Å²) in [7, 11) is 3.14. The molecule has 1 amide bonds. The number of nitrogens with zero attached hydrogens (tertiary/aromatic N) is 2. The Morgan fingerprint density at radius 1 is 1.22 bits per heavy atom. The molecule has 1 aliphatic rings. The van der Waals surface area contributed by atoms with Crippen LogP contribution in [0.4, 0.5) is 0 Å². The average Bonchev–Trinajstić information content (AvgIpc) is 3.17. The molecule has 1 aromatic carbocycles. The number of amides is 1. The number of fused-ring (bicyclic) bond motifs is 1. The Morgan fingerprint density at radius 3 is 2.89 bits per heavy atom. The van der Waals surface area contributed by atoms with Crippen molar-refractivity contribution in [1.29, 1.82) is 0 Å². The number of aromatic amines is 1. The summed E-state index contributed by atoms with van der Waals surface area (Å²) < 4.78 is 10.8. The van der Waals surface area contributed by atoms with Gasteiger partial charge in [0.15, 0.2) is 11.5 Å². The number of pyridine rings is 1. The van der Waals surface area contributed by atoms with Gasteiger partial charge in [-0.05, 0) is 43.2 Å². The molecule has 2 aromatic heterocycles. The van der Waals surface area contributed by atoms with E-state index in [4.69, 9.17) is 9.47 Å². The fraction of sp³-hybridized carbons (Fsp3) is 0.333. The van der Waals surface area contributed by atoms with Crippen molar-refractivity contribution in [3.63, 3.8) is 0 Å². The summed E-state index contributed by atoms with van der Waals surface area (Å²) >= 11 is 0. The van der Waals surface area contributed by atoms with Crippen molar-refractivity contribution in [1.82, 2.24) is 14.9 Å². The molecule has 27 heavy (non-hydrogen) atoms. The van der Waals surface area contributed by atoms with E-state index in [9.17, 15) is 4.79 Å². The maximum atomic E-state index is 13.2. The maximum absolute atomic E-state index is 13.2. The van der Waals surface area contributed by atoms with Crippen LogP contribution < -0.4 is 9.47 Å². The van der Waals surface area contributed by atoms with Gasteiger partial charge in [0.1, 0.15) is 0 Å². The van der Waals surface area contributed by atoms with E-state index in [0.717, 1.165) is 36.1 Å². The second kappa shape index (κ2) is 7.31. The van der Waals surface area contributed by atoms with Crippen LogP contribution in [0.2, 0.25) is 0 Å². The Balaban J connectivity index is 1.59. The summed E-state index contributed by atoms with van der Waals surface area (Å²) in [5.74, 6) is 1.30. The van der Waals surface area contributed by atoms with Crippen LogP contribution in [0.3, 0.4) is 0 Å². The summed E-state index contributed by atoms with van der Waals surface area (Å²) in [5.41, 5.74) is 3.67. The summed E-state index contributed by atoms with van der Waals surface area (Å²) in [4.78, 5) is 22.9. The van der Waals surface area contributed by atoms with E-state index >= 15 is 0 Å². The van der Waals surface area contributed by atoms with Crippen molar-refractivity contribution in [2.24, 2.45) is 0 Å². The van der Waals surface area contributed by atoms with Gasteiger partial charge in [-0.25, -0.2) is 0 Å². The van der Waals surface area contributed by atoms with E-state index in [1.54, 1.807) is 32.5 Å². The minimum Gasteiger partial charge on any atom is -0.493 e. The lowest BCUT2D eigenvalue weighted by atomic mass is 9.94. The van der Waals surface area contributed by atoms with E-state index in [1.165, 1.54) is 0 Å². The number of H-pyrrole nitrogens is 1. The molecule has 0 radical (unpaired) electrons. The van der Waals surface area contributed by atoms with Gasteiger partial charge < -0.3 is 19.4 Å². The number of rotatable bonds is 4. The standard InChI is InChI=1S/C21H23N3O3/c1-26-19-9-3-7-15(20(19)27-2)21(25)24-11-5-6-14(13-24)17-12-18-16(23-17)8-4-10-22-18/h3-4,7-10,12,14,23H,5-6,11,13H2,1-2H3. The van der Waals surface area contributed by atoms with Gasteiger partial charge in [0.05, 0.1) is 30.8 Å². The first-order chi connectivity index (χ1) is 13.2. The van der Waals surface area contributed by atoms with E-state index in [0.29, 0.717) is 23.6 Å². The SMILES string of the molecule is COc1cccc(C(=O)N2CCCC(c3cc4ncccc4[nH]3)C2)c1OC. The molecule has 3 aromatic rings. The fourth-order valence-corrected chi connectivity index (χ4v) is 3.84. The molecule has 1 fully saturated rings. The Hall–Kier alpha value is -3.02. The highest BCUT2D eigenvalue weighted by Gasteiger charge is 2.28. The topological polar surface area (TPSA) is 67.5 Å². The zero-order valence-corrected chi connectivity index (χ0v) is 15.6. The smallest absolute Gasteiger partial charge is 0.257 e. The second-order valence-electron chi connectivity index (χ2n) is 6.79. The van der Waals surface area contributed by atoms with Crippen LogP contribution in [-0.2, 0) is 0 Å². The molecule has 6 nitrogen and oxygen atoms in total. The Labute approximate surface area is 158 Å². The third-order valence-electron chi connectivity index (χ3n) is 5.19. The third-order valence-corrected chi connectivity index (χ3v) is 5.19. The largest absolute Gasteiger partial charge is 0.493 e. The molecule has 1 aliphatic heterocycles. The van der Waals surface area contributed by atoms with Gasteiger partial charge in [-0.2, -0.15) is 0 Å². The molecule has 140 valence electrons. The lowest BCUT2D eigenvalue weighted by Gasteiger charge is -2.32. The van der Waals surface area contributed by atoms with Gasteiger partial charge in [0, 0.05) is 30.9 Å². The molecule has 0 bridgehead atoms. The molecule has 1 saturated heterocycles. The van der Waals surface area contributed by atoms with E-state index in [-0.39, 0.29) is 11.8 Å². The number of likely N-dealkylation sites (tertiary alicyclic amines) is 1. The van der Waals surface area contributed by atoms with Crippen LogP contribution in [0, 0.1) is 0 Å². The highest BCUT2D eigenvalue weighted by molar-refractivity contribution is 5.98. The lowest BCUT2D eigenvalue weighted by Crippen LogP contribution is -2.39. The van der Waals surface area contributed by atoms with Gasteiger partial charge in [-0.3, -0.25) is 9.78 Å². The van der Waals surface area contributed by atoms with Crippen molar-refractivity contribution < 1.29 is 14.3 Å². The van der Waals surface area contributed by atoms with Crippen LogP contribution in [0.15, 0.2) is 42.6 Å². The molecule has 4 rings (SSSR count). The summed E-state index contributed by atoms with van der Waals surface area (Å²) in [6.45, 7) is 1.42. The number of ether oxygens (including phenoxy) is 2. The van der Waals surface area contributed by atoms with Crippen LogP contribution >= 0.6 is 0 Å². The first-order valence-electron chi connectivity index (χ1n) is 9.15. The Bertz CT molecular complexity index is 933. The molecular formula is C21H23N3O3. The number of nitrogens with one attached hydrogen (secondary N) is 1. The number of para-hydroxylation sites is 1. The van der Waals surface area contributed by atoms with Crippen molar-refractivity contribution in [2.45, 2.75) is 18.8 Å². The normalized spacial score (nSPS) is 17.1. The lowest BCUT2D eigenvalue weighted by molar-refractivity contribution is 0.0702. The molecule has 0 aliphatic carbocycles. The minimum absolute atomic E-state index is 0.0234. The first-order valence-corrected chi connectivity index (χ1v) is 9.15. The first kappa shape index (κ1) is 17.4. The van der Waals surface area contributed by atoms with Gasteiger partial charge in [-0.15, -0.1) is 0 Å². The van der Waals surface area contributed by atoms with Crippen molar-refractivity contribution >= 4 is 16.9 Å². The van der Waals surface area contributed by atoms with Gasteiger partial charge in [0.2, 0.25) is 0 Å². The molecule has 1 unspecified atom stereocenters. The van der Waals surface area contributed by atoms with Crippen LogP contribution in [0.1, 0.15) is 34.8 Å². The number of carbonyl (C=O) groups excluding carboxylic acids is 1. The van der Waals surface area contributed by atoms with E-state index < -0.39 is 0 Å². The number of methoxy groups -OCH3 is 2.